The molecule has 0 saturated heterocycles. The molecular formula is C17H28O2. The van der Waals surface area contributed by atoms with Gasteiger partial charge in [0.1, 0.15) is 5.60 Å². The lowest BCUT2D eigenvalue weighted by molar-refractivity contribution is -0.163. The van der Waals surface area contributed by atoms with Crippen molar-refractivity contribution in [3.63, 3.8) is 0 Å². The largest absolute Gasteiger partial charge is 0.455 e. The number of carbonyl (C=O) groups is 1. The maximum absolute atomic E-state index is 11.9. The summed E-state index contributed by atoms with van der Waals surface area (Å²) in [5.41, 5.74) is 0.726. The molecule has 0 bridgehead atoms. The summed E-state index contributed by atoms with van der Waals surface area (Å²) in [6.45, 7) is 12.4. The maximum atomic E-state index is 11.9. The van der Waals surface area contributed by atoms with Gasteiger partial charge in [-0.2, -0.15) is 0 Å². The molecule has 0 atom stereocenters. The van der Waals surface area contributed by atoms with Crippen LogP contribution in [0.1, 0.15) is 66.2 Å². The number of carbonyl (C=O) groups excluding carboxylic acids is 1. The zero-order chi connectivity index (χ0) is 14.3. The van der Waals surface area contributed by atoms with Crippen molar-refractivity contribution < 1.29 is 9.53 Å². The van der Waals surface area contributed by atoms with Crippen LogP contribution in [0.25, 0.3) is 0 Å². The second-order valence-electron chi connectivity index (χ2n) is 7.65. The summed E-state index contributed by atoms with van der Waals surface area (Å²) in [5, 5.41) is 0. The van der Waals surface area contributed by atoms with E-state index in [-0.39, 0.29) is 11.6 Å². The average molecular weight is 264 g/mol. The first-order valence-electron chi connectivity index (χ1n) is 7.63. The van der Waals surface area contributed by atoms with E-state index in [0.29, 0.717) is 16.9 Å². The Balaban J connectivity index is 2.03. The van der Waals surface area contributed by atoms with E-state index in [2.05, 4.69) is 27.4 Å². The molecule has 2 fully saturated rings. The molecule has 2 aliphatic rings. The summed E-state index contributed by atoms with van der Waals surface area (Å²) in [6, 6.07) is 0. The quantitative estimate of drug-likeness (QED) is 0.554. The minimum atomic E-state index is -0.193. The molecule has 19 heavy (non-hydrogen) atoms. The fourth-order valence-corrected chi connectivity index (χ4v) is 3.45. The number of ether oxygens (including phenoxy) is 1. The predicted octanol–water partition coefficient (Wildman–Crippen LogP) is 4.49. The van der Waals surface area contributed by atoms with Crippen LogP contribution in [0, 0.1) is 17.3 Å². The van der Waals surface area contributed by atoms with Gasteiger partial charge < -0.3 is 4.74 Å². The van der Waals surface area contributed by atoms with E-state index < -0.39 is 0 Å². The molecule has 2 rings (SSSR count). The lowest BCUT2D eigenvalue weighted by atomic mass is 9.67. The fraction of sp³-hybridized carbons (Fsp3) is 0.824. The van der Waals surface area contributed by atoms with Crippen molar-refractivity contribution >= 4 is 5.97 Å². The Morgan fingerprint density at radius 2 is 1.68 bits per heavy atom. The molecule has 0 aromatic carbocycles. The van der Waals surface area contributed by atoms with Crippen LogP contribution >= 0.6 is 0 Å². The van der Waals surface area contributed by atoms with Gasteiger partial charge >= 0.3 is 5.97 Å². The Morgan fingerprint density at radius 1 is 1.16 bits per heavy atom. The zero-order valence-electron chi connectivity index (χ0n) is 12.9. The molecule has 108 valence electrons. The van der Waals surface area contributed by atoms with Gasteiger partial charge in [0.05, 0.1) is 0 Å². The molecule has 0 aromatic heterocycles. The smallest absolute Gasteiger partial charge is 0.333 e. The second kappa shape index (κ2) is 4.96. The first kappa shape index (κ1) is 14.6. The highest BCUT2D eigenvalue weighted by molar-refractivity contribution is 5.87. The minimum Gasteiger partial charge on any atom is -0.455 e. The lowest BCUT2D eigenvalue weighted by Gasteiger charge is -2.44. The van der Waals surface area contributed by atoms with Gasteiger partial charge in [-0.1, -0.05) is 27.4 Å². The summed E-state index contributed by atoms with van der Waals surface area (Å²) < 4.78 is 5.89. The first-order chi connectivity index (χ1) is 8.74. The molecule has 2 heteroatoms. The van der Waals surface area contributed by atoms with Crippen LogP contribution in [0.2, 0.25) is 0 Å². The number of rotatable bonds is 3. The molecule has 0 aromatic rings. The molecule has 2 nitrogen and oxygen atoms in total. The summed E-state index contributed by atoms with van der Waals surface area (Å²) >= 11 is 0. The monoisotopic (exact) mass is 264 g/mol. The standard InChI is InChI=1S/C17H28O2/c1-12(2)15(18)19-17(14-6-7-14)10-8-13(9-11-17)16(3,4)5/h13-14H,1,6-11H2,2-5H3. The van der Waals surface area contributed by atoms with E-state index >= 15 is 0 Å². The van der Waals surface area contributed by atoms with Crippen molar-refractivity contribution in [1.82, 2.24) is 0 Å². The van der Waals surface area contributed by atoms with Crippen molar-refractivity contribution in [2.45, 2.75) is 71.8 Å². The predicted molar refractivity (Wildman–Crippen MR) is 77.8 cm³/mol. The summed E-state index contributed by atoms with van der Waals surface area (Å²) in [7, 11) is 0. The lowest BCUT2D eigenvalue weighted by Crippen LogP contribution is -2.43. The first-order valence-corrected chi connectivity index (χ1v) is 7.63. The Bertz CT molecular complexity index is 363. The third-order valence-electron chi connectivity index (χ3n) is 5.02. The fourth-order valence-electron chi connectivity index (χ4n) is 3.45. The van der Waals surface area contributed by atoms with Crippen LogP contribution in [0.4, 0.5) is 0 Å². The van der Waals surface area contributed by atoms with Gasteiger partial charge in [-0.3, -0.25) is 0 Å². The van der Waals surface area contributed by atoms with Gasteiger partial charge in [-0.15, -0.1) is 0 Å². The summed E-state index contributed by atoms with van der Waals surface area (Å²) in [5.74, 6) is 1.17. The number of esters is 1. The summed E-state index contributed by atoms with van der Waals surface area (Å²) in [6.07, 6.45) is 6.90. The van der Waals surface area contributed by atoms with E-state index in [1.165, 1.54) is 25.7 Å². The van der Waals surface area contributed by atoms with Gasteiger partial charge in [0, 0.05) is 5.57 Å². The summed E-state index contributed by atoms with van der Waals surface area (Å²) in [4.78, 5) is 11.9. The average Bonchev–Trinajstić information content (AvgIpc) is 3.12. The molecule has 2 aliphatic carbocycles. The molecule has 0 N–H and O–H groups in total. The van der Waals surface area contributed by atoms with Crippen LogP contribution < -0.4 is 0 Å². The van der Waals surface area contributed by atoms with E-state index in [4.69, 9.17) is 4.74 Å². The minimum absolute atomic E-state index is 0.169. The van der Waals surface area contributed by atoms with Crippen molar-refractivity contribution in [2.24, 2.45) is 17.3 Å². The molecule has 0 aliphatic heterocycles. The molecule has 2 saturated carbocycles. The number of hydrogen-bond donors (Lipinski definition) is 0. The highest BCUT2D eigenvalue weighted by atomic mass is 16.6. The Morgan fingerprint density at radius 3 is 2.05 bits per heavy atom. The molecule has 0 radical (unpaired) electrons. The Labute approximate surface area is 117 Å². The topological polar surface area (TPSA) is 26.3 Å². The van der Waals surface area contributed by atoms with Gasteiger partial charge in [0.2, 0.25) is 0 Å². The normalized spacial score (nSPS) is 31.9. The van der Waals surface area contributed by atoms with Crippen LogP contribution in [0.15, 0.2) is 12.2 Å². The van der Waals surface area contributed by atoms with Gasteiger partial charge in [-0.05, 0) is 62.7 Å². The van der Waals surface area contributed by atoms with Crippen molar-refractivity contribution in [3.05, 3.63) is 12.2 Å². The molecular weight excluding hydrogens is 236 g/mol. The van der Waals surface area contributed by atoms with E-state index in [9.17, 15) is 4.79 Å². The van der Waals surface area contributed by atoms with Crippen LogP contribution in [0.3, 0.4) is 0 Å². The number of hydrogen-bond acceptors (Lipinski definition) is 2. The molecule has 0 amide bonds. The highest BCUT2D eigenvalue weighted by Gasteiger charge is 2.51. The van der Waals surface area contributed by atoms with Gasteiger partial charge in [0.25, 0.3) is 0 Å². The third kappa shape index (κ3) is 3.21. The Hall–Kier alpha value is -0.790. The highest BCUT2D eigenvalue weighted by Crippen LogP contribution is 2.53. The maximum Gasteiger partial charge on any atom is 0.333 e. The van der Waals surface area contributed by atoms with Crippen molar-refractivity contribution in [2.75, 3.05) is 0 Å². The molecule has 0 spiro atoms. The van der Waals surface area contributed by atoms with E-state index in [1.54, 1.807) is 6.92 Å². The van der Waals surface area contributed by atoms with E-state index in [1.807, 2.05) is 0 Å². The second-order valence-corrected chi connectivity index (χ2v) is 7.65. The zero-order valence-corrected chi connectivity index (χ0v) is 12.9. The third-order valence-corrected chi connectivity index (χ3v) is 5.02. The van der Waals surface area contributed by atoms with Gasteiger partial charge in [-0.25, -0.2) is 4.79 Å². The molecule has 0 unspecified atom stereocenters. The van der Waals surface area contributed by atoms with Crippen LogP contribution in [0.5, 0.6) is 0 Å². The van der Waals surface area contributed by atoms with Crippen LogP contribution in [-0.2, 0) is 9.53 Å². The van der Waals surface area contributed by atoms with Crippen molar-refractivity contribution in [1.29, 1.82) is 0 Å². The molecule has 0 heterocycles. The SMILES string of the molecule is C=C(C)C(=O)OC1(C2CC2)CCC(C(C)(C)C)CC1. The van der Waals surface area contributed by atoms with Crippen molar-refractivity contribution in [3.8, 4) is 0 Å². The van der Waals surface area contributed by atoms with E-state index in [0.717, 1.165) is 18.8 Å². The van der Waals surface area contributed by atoms with Gasteiger partial charge in [0.15, 0.2) is 0 Å². The Kier molecular flexibility index (Phi) is 3.81. The van der Waals surface area contributed by atoms with Crippen LogP contribution in [-0.4, -0.2) is 11.6 Å².